The molecule has 130 valence electrons. The minimum absolute atomic E-state index is 0.134. The van der Waals surface area contributed by atoms with E-state index in [9.17, 15) is 14.0 Å². The van der Waals surface area contributed by atoms with Gasteiger partial charge in [0.05, 0.1) is 27.9 Å². The summed E-state index contributed by atoms with van der Waals surface area (Å²) < 4.78 is 13.5. The Kier molecular flexibility index (Phi) is 6.50. The van der Waals surface area contributed by atoms with Crippen LogP contribution < -0.4 is 10.7 Å². The molecule has 0 atom stereocenters. The topological polar surface area (TPSA) is 70.6 Å². The van der Waals surface area contributed by atoms with Crippen molar-refractivity contribution in [1.82, 2.24) is 10.7 Å². The van der Waals surface area contributed by atoms with E-state index in [0.717, 1.165) is 0 Å². The molecule has 0 saturated carbocycles. The lowest BCUT2D eigenvalue weighted by Crippen LogP contribution is -2.35. The van der Waals surface area contributed by atoms with Crippen LogP contribution in [0, 0.1) is 5.82 Å². The molecule has 0 saturated heterocycles. The number of benzene rings is 2. The van der Waals surface area contributed by atoms with Crippen LogP contribution in [0.15, 0.2) is 47.6 Å². The Labute approximate surface area is 153 Å². The molecular weight excluding hydrogens is 368 g/mol. The predicted octanol–water partition coefficient (Wildman–Crippen LogP) is 3.40. The van der Waals surface area contributed by atoms with Crippen LogP contribution in [0.25, 0.3) is 0 Å². The third-order valence-corrected chi connectivity index (χ3v) is 3.95. The smallest absolute Gasteiger partial charge is 0.259 e. The highest BCUT2D eigenvalue weighted by Crippen LogP contribution is 2.22. The van der Waals surface area contributed by atoms with E-state index >= 15 is 0 Å². The first-order valence-electron chi connectivity index (χ1n) is 7.19. The highest BCUT2D eigenvalue weighted by molar-refractivity contribution is 6.42. The normalized spacial score (nSPS) is 11.1. The molecule has 0 unspecified atom stereocenters. The molecule has 2 aromatic carbocycles. The van der Waals surface area contributed by atoms with Crippen LogP contribution in [0.2, 0.25) is 10.0 Å². The van der Waals surface area contributed by atoms with Crippen molar-refractivity contribution in [3.63, 3.8) is 0 Å². The highest BCUT2D eigenvalue weighted by atomic mass is 35.5. The molecule has 2 aromatic rings. The summed E-state index contributed by atoms with van der Waals surface area (Å²) in [5.41, 5.74) is 3.36. The molecular formula is C17H14Cl2FN3O2. The first-order valence-corrected chi connectivity index (χ1v) is 7.95. The molecule has 5 nitrogen and oxygen atoms in total. The zero-order valence-corrected chi connectivity index (χ0v) is 14.7. The van der Waals surface area contributed by atoms with Gasteiger partial charge in [0.1, 0.15) is 5.82 Å². The number of hydrazone groups is 1. The van der Waals surface area contributed by atoms with Crippen LogP contribution in [0.3, 0.4) is 0 Å². The fraction of sp³-hybridized carbons (Fsp3) is 0.118. The zero-order valence-electron chi connectivity index (χ0n) is 13.1. The van der Waals surface area contributed by atoms with Crippen LogP contribution in [0.5, 0.6) is 0 Å². The van der Waals surface area contributed by atoms with Gasteiger partial charge in [0, 0.05) is 0 Å². The van der Waals surface area contributed by atoms with Gasteiger partial charge in [-0.3, -0.25) is 9.59 Å². The lowest BCUT2D eigenvalue weighted by Gasteiger charge is -2.06. The lowest BCUT2D eigenvalue weighted by molar-refractivity contribution is -0.120. The number of carbonyl (C=O) groups is 2. The first-order chi connectivity index (χ1) is 11.9. The van der Waals surface area contributed by atoms with Gasteiger partial charge in [-0.05, 0) is 36.8 Å². The number of nitrogens with zero attached hydrogens (tertiary/aromatic N) is 1. The van der Waals surface area contributed by atoms with E-state index in [2.05, 4.69) is 15.8 Å². The van der Waals surface area contributed by atoms with Crippen molar-refractivity contribution in [2.24, 2.45) is 5.10 Å². The largest absolute Gasteiger partial charge is 0.343 e. The molecule has 0 aliphatic heterocycles. The SMILES string of the molecule is C/C(=N/NC(=O)CNC(=O)c1ccccc1F)c1ccc(Cl)c(Cl)c1. The van der Waals surface area contributed by atoms with Crippen LogP contribution >= 0.6 is 23.2 Å². The van der Waals surface area contributed by atoms with E-state index in [4.69, 9.17) is 23.2 Å². The predicted molar refractivity (Wildman–Crippen MR) is 95.5 cm³/mol. The average Bonchev–Trinajstić information content (AvgIpc) is 2.60. The fourth-order valence-electron chi connectivity index (χ4n) is 1.87. The van der Waals surface area contributed by atoms with Gasteiger partial charge < -0.3 is 5.32 Å². The van der Waals surface area contributed by atoms with E-state index in [-0.39, 0.29) is 12.1 Å². The van der Waals surface area contributed by atoms with Crippen molar-refractivity contribution >= 4 is 40.7 Å². The van der Waals surface area contributed by atoms with Gasteiger partial charge >= 0.3 is 0 Å². The van der Waals surface area contributed by atoms with Crippen molar-refractivity contribution < 1.29 is 14.0 Å². The minimum Gasteiger partial charge on any atom is -0.343 e. The molecule has 8 heteroatoms. The number of nitrogens with one attached hydrogen (secondary N) is 2. The van der Waals surface area contributed by atoms with Gasteiger partial charge in [-0.2, -0.15) is 5.10 Å². The number of rotatable bonds is 5. The average molecular weight is 382 g/mol. The second-order valence-electron chi connectivity index (χ2n) is 5.02. The third kappa shape index (κ3) is 5.27. The summed E-state index contributed by atoms with van der Waals surface area (Å²) in [5, 5.41) is 7.03. The molecule has 0 aliphatic rings. The third-order valence-electron chi connectivity index (χ3n) is 3.21. The number of halogens is 3. The van der Waals surface area contributed by atoms with Crippen molar-refractivity contribution in [2.45, 2.75) is 6.92 Å². The second-order valence-corrected chi connectivity index (χ2v) is 5.84. The van der Waals surface area contributed by atoms with Gasteiger partial charge in [0.15, 0.2) is 0 Å². The molecule has 0 radical (unpaired) electrons. The quantitative estimate of drug-likeness (QED) is 0.615. The number of hydrogen-bond donors (Lipinski definition) is 2. The molecule has 2 amide bonds. The summed E-state index contributed by atoms with van der Waals surface area (Å²) in [6.45, 7) is 1.34. The monoisotopic (exact) mass is 381 g/mol. The Morgan fingerprint density at radius 3 is 2.52 bits per heavy atom. The molecule has 0 aromatic heterocycles. The van der Waals surface area contributed by atoms with Crippen LogP contribution in [-0.4, -0.2) is 24.1 Å². The molecule has 0 spiro atoms. The zero-order chi connectivity index (χ0) is 18.4. The van der Waals surface area contributed by atoms with Gasteiger partial charge in [0.2, 0.25) is 0 Å². The summed E-state index contributed by atoms with van der Waals surface area (Å²) in [6.07, 6.45) is 0. The van der Waals surface area contributed by atoms with Crippen molar-refractivity contribution in [1.29, 1.82) is 0 Å². The Balaban J connectivity index is 1.90. The first kappa shape index (κ1) is 18.9. The Morgan fingerprint density at radius 2 is 1.84 bits per heavy atom. The summed E-state index contributed by atoms with van der Waals surface area (Å²) >= 11 is 11.8. The number of amides is 2. The van der Waals surface area contributed by atoms with Gasteiger partial charge in [-0.25, -0.2) is 9.82 Å². The van der Waals surface area contributed by atoms with Gasteiger partial charge in [-0.15, -0.1) is 0 Å². The summed E-state index contributed by atoms with van der Waals surface area (Å²) in [7, 11) is 0. The van der Waals surface area contributed by atoms with E-state index in [1.807, 2.05) is 0 Å². The maximum absolute atomic E-state index is 13.5. The highest BCUT2D eigenvalue weighted by Gasteiger charge is 2.11. The van der Waals surface area contributed by atoms with Crippen LogP contribution in [-0.2, 0) is 4.79 Å². The number of hydrogen-bond acceptors (Lipinski definition) is 3. The molecule has 0 bridgehead atoms. The van der Waals surface area contributed by atoms with Gasteiger partial charge in [-0.1, -0.05) is 41.4 Å². The van der Waals surface area contributed by atoms with Crippen LogP contribution in [0.4, 0.5) is 4.39 Å². The van der Waals surface area contributed by atoms with E-state index in [1.165, 1.54) is 24.3 Å². The standard InChI is InChI=1S/C17H14Cl2FN3O2/c1-10(11-6-7-13(18)14(19)8-11)22-23-16(24)9-21-17(25)12-4-2-3-5-15(12)20/h2-8H,9H2,1H3,(H,21,25)(H,23,24)/b22-10-. The minimum atomic E-state index is -0.682. The molecule has 0 heterocycles. The molecule has 0 aliphatic carbocycles. The van der Waals surface area contributed by atoms with Crippen molar-refractivity contribution in [3.05, 3.63) is 69.5 Å². The van der Waals surface area contributed by atoms with E-state index < -0.39 is 17.6 Å². The van der Waals surface area contributed by atoms with Gasteiger partial charge in [0.25, 0.3) is 11.8 Å². The molecule has 2 rings (SSSR count). The summed E-state index contributed by atoms with van der Waals surface area (Å²) in [4.78, 5) is 23.6. The summed E-state index contributed by atoms with van der Waals surface area (Å²) in [6, 6.07) is 10.4. The molecule has 0 fully saturated rings. The molecule has 25 heavy (non-hydrogen) atoms. The lowest BCUT2D eigenvalue weighted by atomic mass is 10.1. The van der Waals surface area contributed by atoms with E-state index in [1.54, 1.807) is 25.1 Å². The Hall–Kier alpha value is -2.44. The maximum Gasteiger partial charge on any atom is 0.259 e. The number of carbonyl (C=O) groups excluding carboxylic acids is 2. The maximum atomic E-state index is 13.5. The Bertz CT molecular complexity index is 840. The van der Waals surface area contributed by atoms with E-state index in [0.29, 0.717) is 21.3 Å². The van der Waals surface area contributed by atoms with Crippen LogP contribution in [0.1, 0.15) is 22.8 Å². The fourth-order valence-corrected chi connectivity index (χ4v) is 2.17. The van der Waals surface area contributed by atoms with Crippen molar-refractivity contribution in [3.8, 4) is 0 Å². The molecule has 2 N–H and O–H groups in total. The second kappa shape index (κ2) is 8.60. The van der Waals surface area contributed by atoms with Crippen molar-refractivity contribution in [2.75, 3.05) is 6.54 Å². The Morgan fingerprint density at radius 1 is 1.12 bits per heavy atom. The summed E-state index contributed by atoms with van der Waals surface area (Å²) in [5.74, 6) is -1.89.